The van der Waals surface area contributed by atoms with Crippen molar-refractivity contribution in [3.8, 4) is 0 Å². The number of ketones is 1. The Bertz CT molecular complexity index is 621. The van der Waals surface area contributed by atoms with E-state index < -0.39 is 23.3 Å². The average molecular weight is 352 g/mol. The highest BCUT2D eigenvalue weighted by Gasteiger charge is 2.46. The number of hydrogen-bond donors (Lipinski definition) is 0. The number of halogens is 5. The summed E-state index contributed by atoms with van der Waals surface area (Å²) in [5.41, 5.74) is -3.93. The molecule has 126 valence electrons. The van der Waals surface area contributed by atoms with Crippen LogP contribution in [-0.2, 0) is 11.2 Å². The Morgan fingerprint density at radius 2 is 1.96 bits per heavy atom. The first kappa shape index (κ1) is 16.7. The highest BCUT2D eigenvalue weighted by atomic mass is 32.2. The molecular formula is C15H13F5O2S. The van der Waals surface area contributed by atoms with Gasteiger partial charge in [-0.15, -0.1) is 0 Å². The van der Waals surface area contributed by atoms with E-state index in [-0.39, 0.29) is 54.0 Å². The van der Waals surface area contributed by atoms with Crippen molar-refractivity contribution in [2.45, 2.75) is 41.7 Å². The molecule has 0 amide bonds. The van der Waals surface area contributed by atoms with Crippen molar-refractivity contribution >= 4 is 17.5 Å². The third-order valence-corrected chi connectivity index (χ3v) is 4.78. The van der Waals surface area contributed by atoms with E-state index in [9.17, 15) is 26.7 Å². The van der Waals surface area contributed by atoms with Crippen LogP contribution in [0.1, 0.15) is 28.8 Å². The Hall–Kier alpha value is -1.15. The van der Waals surface area contributed by atoms with Crippen molar-refractivity contribution in [1.82, 2.24) is 0 Å². The van der Waals surface area contributed by atoms with Crippen LogP contribution in [0.25, 0.3) is 0 Å². The molecule has 1 saturated carbocycles. The minimum atomic E-state index is -4.48. The third-order valence-electron chi connectivity index (χ3n) is 3.99. The first-order valence-electron chi connectivity index (χ1n) is 7.06. The van der Waals surface area contributed by atoms with Crippen LogP contribution in [-0.4, -0.2) is 29.9 Å². The Kier molecular flexibility index (Phi) is 4.16. The lowest BCUT2D eigenvalue weighted by atomic mass is 9.82. The second-order valence-electron chi connectivity index (χ2n) is 5.86. The van der Waals surface area contributed by atoms with Gasteiger partial charge in [-0.25, -0.2) is 8.78 Å². The normalized spacial score (nSPS) is 23.7. The molecule has 0 aromatic heterocycles. The summed E-state index contributed by atoms with van der Waals surface area (Å²) in [6.45, 7) is 0.0295. The van der Waals surface area contributed by atoms with Crippen LogP contribution >= 0.6 is 11.8 Å². The van der Waals surface area contributed by atoms with E-state index in [0.717, 1.165) is 0 Å². The molecule has 1 atom stereocenters. The number of hydrogen-bond acceptors (Lipinski definition) is 3. The quantitative estimate of drug-likeness (QED) is 0.591. The van der Waals surface area contributed by atoms with E-state index in [4.69, 9.17) is 4.74 Å². The summed E-state index contributed by atoms with van der Waals surface area (Å²) in [6, 6.07) is 4.31. The van der Waals surface area contributed by atoms with Gasteiger partial charge >= 0.3 is 5.51 Å². The van der Waals surface area contributed by atoms with Gasteiger partial charge in [0, 0.05) is 29.7 Å². The molecule has 0 heterocycles. The van der Waals surface area contributed by atoms with Crippen LogP contribution < -0.4 is 0 Å². The Balaban J connectivity index is 1.66. The number of thioether (sulfide) groups is 1. The van der Waals surface area contributed by atoms with E-state index >= 15 is 0 Å². The monoisotopic (exact) mass is 352 g/mol. The average Bonchev–Trinajstić information content (AvgIpc) is 2.70. The third kappa shape index (κ3) is 3.68. The first-order chi connectivity index (χ1) is 10.6. The molecule has 1 aromatic rings. The standard InChI is InChI=1S/C15H13F5O2S/c16-14(17)5-8(6-14)7-22-10-4-9-2-1-3-11(12(9)13(10)21)23-15(18,19)20/h1-3,8,10H,4-7H2. The molecule has 0 radical (unpaired) electrons. The van der Waals surface area contributed by atoms with Gasteiger partial charge in [-0.05, 0) is 29.3 Å². The van der Waals surface area contributed by atoms with Crippen LogP contribution in [0.2, 0.25) is 0 Å². The van der Waals surface area contributed by atoms with Crippen molar-refractivity contribution in [1.29, 1.82) is 0 Å². The van der Waals surface area contributed by atoms with Crippen LogP contribution in [0.5, 0.6) is 0 Å². The van der Waals surface area contributed by atoms with Gasteiger partial charge in [0.25, 0.3) is 0 Å². The van der Waals surface area contributed by atoms with Crippen LogP contribution in [0.3, 0.4) is 0 Å². The van der Waals surface area contributed by atoms with Crippen molar-refractivity contribution in [3.63, 3.8) is 0 Å². The smallest absolute Gasteiger partial charge is 0.369 e. The van der Waals surface area contributed by atoms with Gasteiger partial charge in [-0.2, -0.15) is 13.2 Å². The number of rotatable bonds is 4. The van der Waals surface area contributed by atoms with Crippen LogP contribution in [0.15, 0.2) is 23.1 Å². The molecule has 1 unspecified atom stereocenters. The molecule has 2 aliphatic carbocycles. The summed E-state index contributed by atoms with van der Waals surface area (Å²) in [5, 5.41) is 0. The van der Waals surface area contributed by atoms with E-state index in [2.05, 4.69) is 0 Å². The SMILES string of the molecule is O=C1c2c(cccc2SC(F)(F)F)CC1OCC1CC(F)(F)C1. The van der Waals surface area contributed by atoms with Gasteiger partial charge in [0.05, 0.1) is 6.61 Å². The summed E-state index contributed by atoms with van der Waals surface area (Å²) in [4.78, 5) is 12.2. The van der Waals surface area contributed by atoms with Crippen molar-refractivity contribution in [2.24, 2.45) is 5.92 Å². The molecular weight excluding hydrogens is 339 g/mol. The predicted octanol–water partition coefficient (Wildman–Crippen LogP) is 4.47. The van der Waals surface area contributed by atoms with Crippen LogP contribution in [0, 0.1) is 5.92 Å². The lowest BCUT2D eigenvalue weighted by Crippen LogP contribution is -2.39. The maximum absolute atomic E-state index is 12.8. The molecule has 2 nitrogen and oxygen atoms in total. The second-order valence-corrected chi connectivity index (χ2v) is 6.97. The molecule has 3 rings (SSSR count). The summed E-state index contributed by atoms with van der Waals surface area (Å²) >= 11 is -0.324. The summed E-state index contributed by atoms with van der Waals surface area (Å²) in [5.74, 6) is -3.46. The highest BCUT2D eigenvalue weighted by Crippen LogP contribution is 2.44. The fourth-order valence-corrected chi connectivity index (χ4v) is 3.71. The number of carbonyl (C=O) groups excluding carboxylic acids is 1. The topological polar surface area (TPSA) is 26.3 Å². The number of alkyl halides is 5. The Morgan fingerprint density at radius 1 is 1.26 bits per heavy atom. The predicted molar refractivity (Wildman–Crippen MR) is 73.8 cm³/mol. The Morgan fingerprint density at radius 3 is 2.57 bits per heavy atom. The lowest BCUT2D eigenvalue weighted by Gasteiger charge is -2.35. The zero-order valence-corrected chi connectivity index (χ0v) is 12.6. The summed E-state index contributed by atoms with van der Waals surface area (Å²) in [6.07, 6.45) is -1.23. The van der Waals surface area contributed by atoms with E-state index in [1.807, 2.05) is 0 Å². The summed E-state index contributed by atoms with van der Waals surface area (Å²) in [7, 11) is 0. The lowest BCUT2D eigenvalue weighted by molar-refractivity contribution is -0.131. The molecule has 1 fully saturated rings. The zero-order valence-electron chi connectivity index (χ0n) is 11.8. The van der Waals surface area contributed by atoms with Crippen molar-refractivity contribution < 1.29 is 31.5 Å². The molecule has 8 heteroatoms. The van der Waals surface area contributed by atoms with Gasteiger partial charge in [-0.3, -0.25) is 4.79 Å². The van der Waals surface area contributed by atoms with E-state index in [1.165, 1.54) is 12.1 Å². The van der Waals surface area contributed by atoms with Gasteiger partial charge in [0.2, 0.25) is 5.92 Å². The number of carbonyl (C=O) groups is 1. The number of ether oxygens (including phenoxy) is 1. The van der Waals surface area contributed by atoms with Crippen molar-refractivity contribution in [2.75, 3.05) is 6.61 Å². The second kappa shape index (κ2) is 5.73. The number of benzene rings is 1. The van der Waals surface area contributed by atoms with E-state index in [0.29, 0.717) is 5.56 Å². The van der Waals surface area contributed by atoms with Gasteiger partial charge < -0.3 is 4.74 Å². The molecule has 0 N–H and O–H groups in total. The zero-order chi connectivity index (χ0) is 16.8. The number of fused-ring (bicyclic) bond motifs is 1. The maximum atomic E-state index is 12.8. The molecule has 23 heavy (non-hydrogen) atoms. The number of Topliss-reactive ketones (excluding diaryl/α,β-unsaturated/α-hetero) is 1. The molecule has 0 spiro atoms. The fourth-order valence-electron chi connectivity index (χ4n) is 2.98. The van der Waals surface area contributed by atoms with Crippen LogP contribution in [0.4, 0.5) is 22.0 Å². The molecule has 0 aliphatic heterocycles. The fraction of sp³-hybridized carbons (Fsp3) is 0.533. The molecule has 0 saturated heterocycles. The minimum absolute atomic E-state index is 0.0295. The van der Waals surface area contributed by atoms with Gasteiger partial charge in [0.15, 0.2) is 5.78 Å². The molecule has 1 aromatic carbocycles. The summed E-state index contributed by atoms with van der Waals surface area (Å²) < 4.78 is 68.6. The first-order valence-corrected chi connectivity index (χ1v) is 7.87. The largest absolute Gasteiger partial charge is 0.446 e. The van der Waals surface area contributed by atoms with Gasteiger partial charge in [0.1, 0.15) is 6.10 Å². The molecule has 2 aliphatic rings. The maximum Gasteiger partial charge on any atom is 0.446 e. The highest BCUT2D eigenvalue weighted by molar-refractivity contribution is 8.00. The molecule has 0 bridgehead atoms. The van der Waals surface area contributed by atoms with Crippen molar-refractivity contribution in [3.05, 3.63) is 29.3 Å². The van der Waals surface area contributed by atoms with E-state index in [1.54, 1.807) is 6.07 Å². The van der Waals surface area contributed by atoms with Gasteiger partial charge in [-0.1, -0.05) is 12.1 Å². The Labute approximate surface area is 133 Å². The minimum Gasteiger partial charge on any atom is -0.369 e.